The molecule has 1 saturated carbocycles. The fourth-order valence-electron chi connectivity index (χ4n) is 2.26. The van der Waals surface area contributed by atoms with Crippen molar-refractivity contribution < 1.29 is 22.6 Å². The summed E-state index contributed by atoms with van der Waals surface area (Å²) in [6.07, 6.45) is -0.988. The molecule has 0 bridgehead atoms. The first-order valence-electron chi connectivity index (χ1n) is 6.02. The molecule has 0 aliphatic heterocycles. The molecule has 1 fully saturated rings. The summed E-state index contributed by atoms with van der Waals surface area (Å²) in [5.41, 5.74) is -0.412. The fraction of sp³-hybridized carbons (Fsp3) is 0.538. The van der Waals surface area contributed by atoms with Crippen molar-refractivity contribution in [1.82, 2.24) is 0 Å². The van der Waals surface area contributed by atoms with Gasteiger partial charge in [0.2, 0.25) is 0 Å². The van der Waals surface area contributed by atoms with Crippen LogP contribution in [-0.4, -0.2) is 12.0 Å². The van der Waals surface area contributed by atoms with Crippen LogP contribution in [0.2, 0.25) is 0 Å². The molecule has 1 aromatic carbocycles. The third kappa shape index (κ3) is 4.03. The zero-order chi connectivity index (χ0) is 14.1. The molecule has 0 aromatic heterocycles. The Labute approximate surface area is 118 Å². The van der Waals surface area contributed by atoms with E-state index in [1.54, 1.807) is 0 Å². The van der Waals surface area contributed by atoms with Gasteiger partial charge in [0.05, 0.1) is 0 Å². The first-order valence-corrected chi connectivity index (χ1v) is 6.81. The Morgan fingerprint density at radius 1 is 1.16 bits per heavy atom. The van der Waals surface area contributed by atoms with E-state index in [1.165, 1.54) is 18.2 Å². The topological polar surface area (TPSA) is 18.5 Å². The Balaban J connectivity index is 2.24. The number of ether oxygens (including phenoxy) is 2. The lowest BCUT2D eigenvalue weighted by Crippen LogP contribution is -2.28. The monoisotopic (exact) mass is 338 g/mol. The van der Waals surface area contributed by atoms with Crippen molar-refractivity contribution in [3.05, 3.63) is 22.7 Å². The van der Waals surface area contributed by atoms with E-state index in [2.05, 4.69) is 20.7 Å². The van der Waals surface area contributed by atoms with E-state index in [9.17, 15) is 13.2 Å². The second kappa shape index (κ2) is 5.23. The van der Waals surface area contributed by atoms with Crippen LogP contribution in [0.25, 0.3) is 0 Å². The number of hydrogen-bond donors (Lipinski definition) is 0. The lowest BCUT2D eigenvalue weighted by Gasteiger charge is -2.27. The maximum atomic E-state index is 12.3. The summed E-state index contributed by atoms with van der Waals surface area (Å²) in [4.78, 5) is 0. The van der Waals surface area contributed by atoms with Gasteiger partial charge in [0.1, 0.15) is 5.60 Å². The van der Waals surface area contributed by atoms with Gasteiger partial charge in [0.25, 0.3) is 0 Å². The number of hydrogen-bond acceptors (Lipinski definition) is 2. The molecular formula is C13H14BrF3O2. The van der Waals surface area contributed by atoms with Crippen LogP contribution in [0.5, 0.6) is 11.5 Å². The van der Waals surface area contributed by atoms with Crippen molar-refractivity contribution in [2.45, 2.75) is 44.6 Å². The van der Waals surface area contributed by atoms with Crippen molar-refractivity contribution in [2.24, 2.45) is 0 Å². The predicted octanol–water partition coefficient (Wildman–Crippen LogP) is 5.06. The van der Waals surface area contributed by atoms with Gasteiger partial charge in [-0.05, 0) is 50.8 Å². The summed E-state index contributed by atoms with van der Waals surface area (Å²) in [5, 5.41) is 0. The van der Waals surface area contributed by atoms with E-state index in [4.69, 9.17) is 4.74 Å². The Morgan fingerprint density at radius 2 is 1.79 bits per heavy atom. The van der Waals surface area contributed by atoms with Gasteiger partial charge in [0, 0.05) is 4.47 Å². The number of halogens is 4. The van der Waals surface area contributed by atoms with Crippen LogP contribution >= 0.6 is 15.9 Å². The summed E-state index contributed by atoms with van der Waals surface area (Å²) in [7, 11) is 0. The highest BCUT2D eigenvalue weighted by atomic mass is 79.9. The lowest BCUT2D eigenvalue weighted by atomic mass is 10.1. The Morgan fingerprint density at radius 3 is 2.37 bits per heavy atom. The van der Waals surface area contributed by atoms with E-state index in [-0.39, 0.29) is 11.5 Å². The molecule has 1 aromatic rings. The first kappa shape index (κ1) is 14.5. The molecule has 6 heteroatoms. The highest BCUT2D eigenvalue weighted by molar-refractivity contribution is 9.10. The van der Waals surface area contributed by atoms with Gasteiger partial charge in [-0.1, -0.05) is 15.9 Å². The molecule has 0 heterocycles. The maximum Gasteiger partial charge on any atom is 0.573 e. The van der Waals surface area contributed by atoms with Crippen LogP contribution in [0.15, 0.2) is 22.7 Å². The summed E-state index contributed by atoms with van der Waals surface area (Å²) in [6.45, 7) is 1.91. The van der Waals surface area contributed by atoms with Crippen LogP contribution in [0.3, 0.4) is 0 Å². The van der Waals surface area contributed by atoms with Gasteiger partial charge in [-0.3, -0.25) is 0 Å². The zero-order valence-corrected chi connectivity index (χ0v) is 12.0. The van der Waals surface area contributed by atoms with Crippen molar-refractivity contribution in [3.8, 4) is 11.5 Å². The SMILES string of the molecule is CC1(Oc2cc(Br)ccc2OC(F)(F)F)CCCC1. The van der Waals surface area contributed by atoms with E-state index in [0.29, 0.717) is 4.47 Å². The quantitative estimate of drug-likeness (QED) is 0.766. The summed E-state index contributed by atoms with van der Waals surface area (Å²) < 4.78 is 47.4. The molecule has 0 radical (unpaired) electrons. The smallest absolute Gasteiger partial charge is 0.484 e. The molecule has 1 aliphatic carbocycles. The molecule has 2 rings (SSSR count). The van der Waals surface area contributed by atoms with E-state index in [1.807, 2.05) is 6.92 Å². The van der Waals surface area contributed by atoms with Gasteiger partial charge in [0.15, 0.2) is 11.5 Å². The minimum atomic E-state index is -4.72. The van der Waals surface area contributed by atoms with Crippen LogP contribution in [-0.2, 0) is 0 Å². The summed E-state index contributed by atoms with van der Waals surface area (Å²) in [5.74, 6) is -0.181. The molecule has 0 spiro atoms. The van der Waals surface area contributed by atoms with Crippen molar-refractivity contribution in [2.75, 3.05) is 0 Å². The molecule has 19 heavy (non-hydrogen) atoms. The fourth-order valence-corrected chi connectivity index (χ4v) is 2.60. The third-order valence-corrected chi connectivity index (χ3v) is 3.64. The second-order valence-electron chi connectivity index (χ2n) is 4.90. The summed E-state index contributed by atoms with van der Waals surface area (Å²) >= 11 is 3.23. The molecule has 0 atom stereocenters. The molecule has 0 amide bonds. The van der Waals surface area contributed by atoms with Crippen LogP contribution in [0, 0.1) is 0 Å². The number of benzene rings is 1. The lowest BCUT2D eigenvalue weighted by molar-refractivity contribution is -0.275. The van der Waals surface area contributed by atoms with Crippen molar-refractivity contribution in [3.63, 3.8) is 0 Å². The van der Waals surface area contributed by atoms with Gasteiger partial charge >= 0.3 is 6.36 Å². The molecule has 0 saturated heterocycles. The Bertz CT molecular complexity index is 454. The van der Waals surface area contributed by atoms with Crippen molar-refractivity contribution >= 4 is 15.9 Å². The van der Waals surface area contributed by atoms with Crippen LogP contribution in [0.4, 0.5) is 13.2 Å². The molecular weight excluding hydrogens is 325 g/mol. The molecule has 0 N–H and O–H groups in total. The standard InChI is InChI=1S/C13H14BrF3O2/c1-12(6-2-3-7-12)18-11-8-9(14)4-5-10(11)19-13(15,16)17/h4-5,8H,2-3,6-7H2,1H3. The number of alkyl halides is 3. The van der Waals surface area contributed by atoms with Gasteiger partial charge in [-0.15, -0.1) is 13.2 Å². The molecule has 2 nitrogen and oxygen atoms in total. The van der Waals surface area contributed by atoms with Gasteiger partial charge in [-0.25, -0.2) is 0 Å². The van der Waals surface area contributed by atoms with Gasteiger partial charge < -0.3 is 9.47 Å². The zero-order valence-electron chi connectivity index (χ0n) is 10.4. The van der Waals surface area contributed by atoms with Gasteiger partial charge in [-0.2, -0.15) is 0 Å². The second-order valence-corrected chi connectivity index (χ2v) is 5.81. The molecule has 1 aliphatic rings. The average Bonchev–Trinajstić information content (AvgIpc) is 2.67. The normalized spacial score (nSPS) is 18.4. The first-order chi connectivity index (χ1) is 8.77. The largest absolute Gasteiger partial charge is 0.573 e. The predicted molar refractivity (Wildman–Crippen MR) is 68.3 cm³/mol. The minimum Gasteiger partial charge on any atom is -0.484 e. The van der Waals surface area contributed by atoms with Crippen LogP contribution < -0.4 is 9.47 Å². The number of rotatable bonds is 3. The molecule has 106 valence electrons. The highest BCUT2D eigenvalue weighted by Crippen LogP contribution is 2.40. The van der Waals surface area contributed by atoms with E-state index >= 15 is 0 Å². The van der Waals surface area contributed by atoms with E-state index < -0.39 is 12.0 Å². The Kier molecular flexibility index (Phi) is 3.99. The minimum absolute atomic E-state index is 0.121. The van der Waals surface area contributed by atoms with E-state index in [0.717, 1.165) is 25.7 Å². The molecule has 0 unspecified atom stereocenters. The highest BCUT2D eigenvalue weighted by Gasteiger charge is 2.35. The van der Waals surface area contributed by atoms with Crippen LogP contribution in [0.1, 0.15) is 32.6 Å². The third-order valence-electron chi connectivity index (χ3n) is 3.15. The average molecular weight is 339 g/mol. The van der Waals surface area contributed by atoms with Crippen molar-refractivity contribution in [1.29, 1.82) is 0 Å². The summed E-state index contributed by atoms with van der Waals surface area (Å²) in [6, 6.07) is 4.25. The Hall–Kier alpha value is -0.910. The maximum absolute atomic E-state index is 12.3.